The summed E-state index contributed by atoms with van der Waals surface area (Å²) in [5, 5.41) is 0. The quantitative estimate of drug-likeness (QED) is 0.766. The van der Waals surface area contributed by atoms with Crippen LogP contribution in [0.5, 0.6) is 5.75 Å². The molecule has 0 aromatic heterocycles. The Labute approximate surface area is 116 Å². The molecule has 106 valence electrons. The van der Waals surface area contributed by atoms with Gasteiger partial charge in [-0.25, -0.2) is 0 Å². The third kappa shape index (κ3) is 3.13. The lowest BCUT2D eigenvalue weighted by Gasteiger charge is -2.16. The number of halogens is 3. The van der Waals surface area contributed by atoms with E-state index in [2.05, 4.69) is 0 Å². The molecule has 0 amide bonds. The molecule has 0 aliphatic heterocycles. The summed E-state index contributed by atoms with van der Waals surface area (Å²) in [6.07, 6.45) is -4.21. The van der Waals surface area contributed by atoms with Crippen LogP contribution in [0.15, 0.2) is 48.5 Å². The van der Waals surface area contributed by atoms with E-state index in [1.165, 1.54) is 19.1 Å². The van der Waals surface area contributed by atoms with Crippen LogP contribution in [-0.2, 0) is 0 Å². The maximum absolute atomic E-state index is 12.6. The van der Waals surface area contributed by atoms with Gasteiger partial charge in [-0.1, -0.05) is 36.4 Å². The molecule has 1 unspecified atom stereocenters. The smallest absolute Gasteiger partial charge is 0.395 e. The van der Waals surface area contributed by atoms with Crippen LogP contribution in [0.3, 0.4) is 0 Å². The molecule has 0 aliphatic rings. The Morgan fingerprint density at radius 1 is 0.850 bits per heavy atom. The summed E-state index contributed by atoms with van der Waals surface area (Å²) in [6.45, 7) is 1.17. The number of ether oxygens (including phenoxy) is 1. The normalized spacial score (nSPS) is 13.1. The maximum atomic E-state index is 12.6. The Bertz CT molecular complexity index is 556. The van der Waals surface area contributed by atoms with Crippen molar-refractivity contribution in [1.29, 1.82) is 0 Å². The molecule has 2 aromatic rings. The van der Waals surface area contributed by atoms with Crippen LogP contribution in [0, 0.1) is 0 Å². The van der Waals surface area contributed by atoms with Crippen molar-refractivity contribution >= 4 is 0 Å². The van der Waals surface area contributed by atoms with E-state index >= 15 is 0 Å². The molecule has 20 heavy (non-hydrogen) atoms. The van der Waals surface area contributed by atoms with Crippen molar-refractivity contribution in [2.75, 3.05) is 7.11 Å². The molecule has 0 aliphatic carbocycles. The van der Waals surface area contributed by atoms with Gasteiger partial charge < -0.3 is 4.74 Å². The number of rotatable bonds is 3. The second-order valence-corrected chi connectivity index (χ2v) is 4.61. The zero-order valence-corrected chi connectivity index (χ0v) is 11.2. The first-order chi connectivity index (χ1) is 9.41. The summed E-state index contributed by atoms with van der Waals surface area (Å²) < 4.78 is 43.0. The van der Waals surface area contributed by atoms with Gasteiger partial charge in [0, 0.05) is 0 Å². The average Bonchev–Trinajstić information content (AvgIpc) is 2.46. The van der Waals surface area contributed by atoms with Gasteiger partial charge in [0.15, 0.2) is 0 Å². The predicted octanol–water partition coefficient (Wildman–Crippen LogP) is 5.03. The van der Waals surface area contributed by atoms with E-state index in [-0.39, 0.29) is 5.56 Å². The summed E-state index contributed by atoms with van der Waals surface area (Å²) in [5.41, 5.74) is 2.09. The van der Waals surface area contributed by atoms with Gasteiger partial charge in [-0.15, -0.1) is 0 Å². The largest absolute Gasteiger partial charge is 0.497 e. The minimum absolute atomic E-state index is 0.273. The first-order valence-electron chi connectivity index (χ1n) is 6.23. The topological polar surface area (TPSA) is 9.23 Å². The lowest BCUT2D eigenvalue weighted by molar-refractivity contribution is -0.146. The molecule has 0 radical (unpaired) electrons. The van der Waals surface area contributed by atoms with E-state index in [9.17, 15) is 13.2 Å². The number of hydrogen-bond donors (Lipinski definition) is 0. The van der Waals surface area contributed by atoms with Gasteiger partial charge in [0.2, 0.25) is 0 Å². The van der Waals surface area contributed by atoms with Crippen LogP contribution in [0.1, 0.15) is 18.4 Å². The lowest BCUT2D eigenvalue weighted by atomic mass is 9.97. The molecule has 0 saturated carbocycles. The van der Waals surface area contributed by atoms with E-state index in [4.69, 9.17) is 4.74 Å². The molecule has 1 atom stereocenters. The van der Waals surface area contributed by atoms with Crippen molar-refractivity contribution in [2.24, 2.45) is 0 Å². The number of alkyl halides is 3. The van der Waals surface area contributed by atoms with Crippen molar-refractivity contribution in [3.63, 3.8) is 0 Å². The predicted molar refractivity (Wildman–Crippen MR) is 72.9 cm³/mol. The molecule has 0 N–H and O–H groups in total. The monoisotopic (exact) mass is 280 g/mol. The Hall–Kier alpha value is -1.97. The average molecular weight is 280 g/mol. The second-order valence-electron chi connectivity index (χ2n) is 4.61. The summed E-state index contributed by atoms with van der Waals surface area (Å²) >= 11 is 0. The highest BCUT2D eigenvalue weighted by atomic mass is 19.4. The van der Waals surface area contributed by atoms with E-state index in [1.807, 2.05) is 24.3 Å². The van der Waals surface area contributed by atoms with Crippen molar-refractivity contribution < 1.29 is 17.9 Å². The summed E-state index contributed by atoms with van der Waals surface area (Å²) in [5.74, 6) is -0.705. The Morgan fingerprint density at radius 3 is 1.70 bits per heavy atom. The van der Waals surface area contributed by atoms with Crippen molar-refractivity contribution in [1.82, 2.24) is 0 Å². The number of methoxy groups -OCH3 is 1. The van der Waals surface area contributed by atoms with Crippen LogP contribution >= 0.6 is 0 Å². The minimum atomic E-state index is -4.21. The fourth-order valence-electron chi connectivity index (χ4n) is 1.94. The Morgan fingerprint density at radius 2 is 1.30 bits per heavy atom. The molecule has 0 bridgehead atoms. The highest BCUT2D eigenvalue weighted by Crippen LogP contribution is 2.35. The van der Waals surface area contributed by atoms with Crippen LogP contribution < -0.4 is 4.74 Å². The van der Waals surface area contributed by atoms with Gasteiger partial charge in [0.25, 0.3) is 0 Å². The number of benzene rings is 2. The van der Waals surface area contributed by atoms with E-state index in [1.54, 1.807) is 19.2 Å². The van der Waals surface area contributed by atoms with Crippen LogP contribution in [0.25, 0.3) is 11.1 Å². The highest BCUT2D eigenvalue weighted by Gasteiger charge is 2.36. The summed E-state index contributed by atoms with van der Waals surface area (Å²) in [7, 11) is 1.59. The molecule has 0 spiro atoms. The zero-order valence-electron chi connectivity index (χ0n) is 11.2. The third-order valence-electron chi connectivity index (χ3n) is 3.33. The molecule has 0 saturated heterocycles. The minimum Gasteiger partial charge on any atom is -0.497 e. The second kappa shape index (κ2) is 5.57. The SMILES string of the molecule is COc1ccc(-c2ccc(C(C)C(F)(F)F)cc2)cc1. The van der Waals surface area contributed by atoms with Gasteiger partial charge in [-0.3, -0.25) is 0 Å². The van der Waals surface area contributed by atoms with Crippen LogP contribution in [0.2, 0.25) is 0 Å². The molecular formula is C16H15F3O. The zero-order chi connectivity index (χ0) is 14.8. The van der Waals surface area contributed by atoms with Gasteiger partial charge in [-0.05, 0) is 35.7 Å². The van der Waals surface area contributed by atoms with E-state index < -0.39 is 12.1 Å². The van der Waals surface area contributed by atoms with Crippen molar-refractivity contribution in [3.8, 4) is 16.9 Å². The van der Waals surface area contributed by atoms with Gasteiger partial charge in [0.05, 0.1) is 13.0 Å². The van der Waals surface area contributed by atoms with Gasteiger partial charge >= 0.3 is 6.18 Å². The Kier molecular flexibility index (Phi) is 4.02. The molecule has 4 heteroatoms. The number of hydrogen-bond acceptors (Lipinski definition) is 1. The first kappa shape index (κ1) is 14.4. The van der Waals surface area contributed by atoms with Gasteiger partial charge in [0.1, 0.15) is 5.75 Å². The first-order valence-corrected chi connectivity index (χ1v) is 6.23. The fourth-order valence-corrected chi connectivity index (χ4v) is 1.94. The summed E-state index contributed by atoms with van der Waals surface area (Å²) in [4.78, 5) is 0. The molecule has 2 aromatic carbocycles. The van der Waals surface area contributed by atoms with E-state index in [0.29, 0.717) is 0 Å². The van der Waals surface area contributed by atoms with Crippen LogP contribution in [0.4, 0.5) is 13.2 Å². The molecule has 0 fully saturated rings. The lowest BCUT2D eigenvalue weighted by Crippen LogP contribution is -2.17. The Balaban J connectivity index is 2.23. The maximum Gasteiger partial charge on any atom is 0.395 e. The highest BCUT2D eigenvalue weighted by molar-refractivity contribution is 5.64. The van der Waals surface area contributed by atoms with Gasteiger partial charge in [-0.2, -0.15) is 13.2 Å². The molecule has 0 heterocycles. The van der Waals surface area contributed by atoms with Crippen molar-refractivity contribution in [3.05, 3.63) is 54.1 Å². The summed E-state index contributed by atoms with van der Waals surface area (Å²) in [6, 6.07) is 13.9. The molecule has 1 nitrogen and oxygen atoms in total. The fraction of sp³-hybridized carbons (Fsp3) is 0.250. The third-order valence-corrected chi connectivity index (χ3v) is 3.33. The molecule has 2 rings (SSSR count). The standard InChI is InChI=1S/C16H15F3O/c1-11(16(17,18)19)12-3-5-13(6-4-12)14-7-9-15(20-2)10-8-14/h3-11H,1-2H3. The van der Waals surface area contributed by atoms with Crippen molar-refractivity contribution in [2.45, 2.75) is 19.0 Å². The van der Waals surface area contributed by atoms with E-state index in [0.717, 1.165) is 16.9 Å². The molecular weight excluding hydrogens is 265 g/mol. The van der Waals surface area contributed by atoms with Crippen LogP contribution in [-0.4, -0.2) is 13.3 Å².